The van der Waals surface area contributed by atoms with Gasteiger partial charge in [-0.15, -0.1) is 10.2 Å². The first-order chi connectivity index (χ1) is 14.0. The Morgan fingerprint density at radius 3 is 2.69 bits per heavy atom. The minimum Gasteiger partial charge on any atom is -0.465 e. The molecule has 0 saturated carbocycles. The number of carbonyl (C=O) groups is 2. The SMILES string of the molecule is COC(=O)c1ccccc1NC(=O)CSc1nnc(-c2ccco2)n1CC(C)C. The standard InChI is InChI=1S/C20H22N4O4S/c1-13(2)11-24-18(16-9-6-10-28-16)22-23-20(24)29-12-17(25)21-15-8-5-4-7-14(15)19(26)27-3/h4-10,13H,11-12H2,1-3H3,(H,21,25). The van der Waals surface area contributed by atoms with E-state index in [2.05, 4.69) is 29.4 Å². The van der Waals surface area contributed by atoms with Gasteiger partial charge in [0.2, 0.25) is 5.91 Å². The van der Waals surface area contributed by atoms with E-state index in [1.54, 1.807) is 36.6 Å². The fraction of sp³-hybridized carbons (Fsp3) is 0.300. The molecule has 152 valence electrons. The fourth-order valence-electron chi connectivity index (χ4n) is 2.71. The molecule has 8 nitrogen and oxygen atoms in total. The number of thioether (sulfide) groups is 1. The summed E-state index contributed by atoms with van der Waals surface area (Å²) >= 11 is 1.27. The van der Waals surface area contributed by atoms with Crippen molar-refractivity contribution in [1.82, 2.24) is 14.8 Å². The van der Waals surface area contributed by atoms with Gasteiger partial charge in [0.05, 0.1) is 30.4 Å². The topological polar surface area (TPSA) is 99.2 Å². The molecule has 0 aliphatic rings. The number of nitrogens with zero attached hydrogens (tertiary/aromatic N) is 3. The van der Waals surface area contributed by atoms with E-state index in [9.17, 15) is 9.59 Å². The molecule has 2 aromatic heterocycles. The largest absolute Gasteiger partial charge is 0.465 e. The second-order valence-electron chi connectivity index (χ2n) is 6.66. The molecule has 0 unspecified atom stereocenters. The van der Waals surface area contributed by atoms with E-state index in [1.165, 1.54) is 18.9 Å². The number of esters is 1. The van der Waals surface area contributed by atoms with E-state index in [1.807, 2.05) is 10.6 Å². The summed E-state index contributed by atoms with van der Waals surface area (Å²) in [6.45, 7) is 4.88. The summed E-state index contributed by atoms with van der Waals surface area (Å²) in [5.74, 6) is 0.964. The van der Waals surface area contributed by atoms with Gasteiger partial charge < -0.3 is 14.5 Å². The highest BCUT2D eigenvalue weighted by Crippen LogP contribution is 2.26. The van der Waals surface area contributed by atoms with Crippen LogP contribution >= 0.6 is 11.8 Å². The zero-order chi connectivity index (χ0) is 20.8. The van der Waals surface area contributed by atoms with Crippen molar-refractivity contribution in [2.24, 2.45) is 5.92 Å². The van der Waals surface area contributed by atoms with Gasteiger partial charge in [0, 0.05) is 6.54 Å². The molecule has 0 bridgehead atoms. The predicted octanol–water partition coefficient (Wildman–Crippen LogP) is 3.71. The second kappa shape index (κ2) is 9.42. The molecule has 0 fully saturated rings. The van der Waals surface area contributed by atoms with Crippen molar-refractivity contribution >= 4 is 29.3 Å². The summed E-state index contributed by atoms with van der Waals surface area (Å²) in [5.41, 5.74) is 0.710. The summed E-state index contributed by atoms with van der Waals surface area (Å²) in [6.07, 6.45) is 1.59. The van der Waals surface area contributed by atoms with Crippen LogP contribution in [0, 0.1) is 5.92 Å². The van der Waals surface area contributed by atoms with Gasteiger partial charge in [0.1, 0.15) is 0 Å². The normalized spacial score (nSPS) is 10.9. The highest BCUT2D eigenvalue weighted by Gasteiger charge is 2.19. The molecule has 1 amide bonds. The first kappa shape index (κ1) is 20.7. The van der Waals surface area contributed by atoms with Gasteiger partial charge in [0.15, 0.2) is 16.7 Å². The van der Waals surface area contributed by atoms with Crippen molar-refractivity contribution in [1.29, 1.82) is 0 Å². The zero-order valence-electron chi connectivity index (χ0n) is 16.4. The average molecular weight is 414 g/mol. The van der Waals surface area contributed by atoms with Crippen molar-refractivity contribution < 1.29 is 18.7 Å². The van der Waals surface area contributed by atoms with Crippen LogP contribution in [0.25, 0.3) is 11.6 Å². The Morgan fingerprint density at radius 2 is 2.00 bits per heavy atom. The molecule has 1 aromatic carbocycles. The van der Waals surface area contributed by atoms with Crippen LogP contribution < -0.4 is 5.32 Å². The fourth-order valence-corrected chi connectivity index (χ4v) is 3.46. The van der Waals surface area contributed by atoms with Crippen molar-refractivity contribution in [2.45, 2.75) is 25.5 Å². The quantitative estimate of drug-likeness (QED) is 0.443. The number of benzene rings is 1. The molecule has 0 aliphatic carbocycles. The molecule has 9 heteroatoms. The smallest absolute Gasteiger partial charge is 0.339 e. The van der Waals surface area contributed by atoms with E-state index in [0.717, 1.165) is 0 Å². The van der Waals surface area contributed by atoms with Gasteiger partial charge in [-0.05, 0) is 30.2 Å². The van der Waals surface area contributed by atoms with Crippen LogP contribution in [0.2, 0.25) is 0 Å². The van der Waals surface area contributed by atoms with Gasteiger partial charge in [-0.3, -0.25) is 9.36 Å². The molecule has 0 aliphatic heterocycles. The maximum absolute atomic E-state index is 12.5. The molecule has 3 aromatic rings. The number of nitrogens with one attached hydrogen (secondary N) is 1. The number of hydrogen-bond acceptors (Lipinski definition) is 7. The monoisotopic (exact) mass is 414 g/mol. The van der Waals surface area contributed by atoms with Crippen LogP contribution in [0.5, 0.6) is 0 Å². The van der Waals surface area contributed by atoms with E-state index >= 15 is 0 Å². The number of carbonyl (C=O) groups excluding carboxylic acids is 2. The third-order valence-electron chi connectivity index (χ3n) is 3.94. The number of methoxy groups -OCH3 is 1. The van der Waals surface area contributed by atoms with Crippen LogP contribution in [-0.2, 0) is 16.1 Å². The van der Waals surface area contributed by atoms with Crippen molar-refractivity contribution in [3.8, 4) is 11.6 Å². The Morgan fingerprint density at radius 1 is 1.21 bits per heavy atom. The lowest BCUT2D eigenvalue weighted by atomic mass is 10.2. The first-order valence-corrected chi connectivity index (χ1v) is 10.0. The Kier molecular flexibility index (Phi) is 6.71. The number of amides is 1. The Labute approximate surface area is 172 Å². The van der Waals surface area contributed by atoms with Crippen molar-refractivity contribution in [2.75, 3.05) is 18.2 Å². The molecule has 0 atom stereocenters. The average Bonchev–Trinajstić information content (AvgIpc) is 3.36. The highest BCUT2D eigenvalue weighted by atomic mass is 32.2. The number of aromatic nitrogens is 3. The van der Waals surface area contributed by atoms with Crippen molar-refractivity contribution in [3.63, 3.8) is 0 Å². The van der Waals surface area contributed by atoms with E-state index in [0.29, 0.717) is 40.5 Å². The Bertz CT molecular complexity index is 982. The Balaban J connectivity index is 1.72. The van der Waals surface area contributed by atoms with Gasteiger partial charge in [-0.2, -0.15) is 0 Å². The summed E-state index contributed by atoms with van der Waals surface area (Å²) in [5, 5.41) is 11.8. The molecular formula is C20H22N4O4S. The van der Waals surface area contributed by atoms with E-state index < -0.39 is 5.97 Å². The van der Waals surface area contributed by atoms with Crippen LogP contribution in [-0.4, -0.2) is 39.5 Å². The molecule has 0 radical (unpaired) electrons. The second-order valence-corrected chi connectivity index (χ2v) is 7.60. The Hall–Kier alpha value is -3.07. The maximum Gasteiger partial charge on any atom is 0.339 e. The highest BCUT2D eigenvalue weighted by molar-refractivity contribution is 7.99. The molecule has 1 N–H and O–H groups in total. The van der Waals surface area contributed by atoms with Gasteiger partial charge in [0.25, 0.3) is 0 Å². The molecular weight excluding hydrogens is 392 g/mol. The van der Waals surface area contributed by atoms with Gasteiger partial charge in [-0.1, -0.05) is 37.7 Å². The number of ether oxygens (including phenoxy) is 1. The van der Waals surface area contributed by atoms with Crippen LogP contribution in [0.4, 0.5) is 5.69 Å². The lowest BCUT2D eigenvalue weighted by molar-refractivity contribution is -0.113. The van der Waals surface area contributed by atoms with Gasteiger partial charge >= 0.3 is 5.97 Å². The van der Waals surface area contributed by atoms with E-state index in [4.69, 9.17) is 9.15 Å². The summed E-state index contributed by atoms with van der Waals surface area (Å²) in [6, 6.07) is 10.3. The number of anilines is 1. The lowest BCUT2D eigenvalue weighted by Crippen LogP contribution is -2.17. The molecule has 3 rings (SSSR count). The maximum atomic E-state index is 12.5. The number of rotatable bonds is 8. The molecule has 2 heterocycles. The predicted molar refractivity (Wildman–Crippen MR) is 110 cm³/mol. The number of furan rings is 1. The minimum absolute atomic E-state index is 0.115. The number of para-hydroxylation sites is 1. The third-order valence-corrected chi connectivity index (χ3v) is 4.91. The summed E-state index contributed by atoms with van der Waals surface area (Å²) < 4.78 is 12.2. The first-order valence-electron chi connectivity index (χ1n) is 9.06. The molecule has 29 heavy (non-hydrogen) atoms. The van der Waals surface area contributed by atoms with Crippen molar-refractivity contribution in [3.05, 3.63) is 48.2 Å². The number of hydrogen-bond donors (Lipinski definition) is 1. The van der Waals surface area contributed by atoms with Crippen LogP contribution in [0.3, 0.4) is 0 Å². The van der Waals surface area contributed by atoms with Gasteiger partial charge in [-0.25, -0.2) is 4.79 Å². The van der Waals surface area contributed by atoms with Crippen LogP contribution in [0.1, 0.15) is 24.2 Å². The lowest BCUT2D eigenvalue weighted by Gasteiger charge is -2.12. The molecule has 0 spiro atoms. The molecule has 0 saturated heterocycles. The zero-order valence-corrected chi connectivity index (χ0v) is 17.2. The third kappa shape index (κ3) is 5.05. The van der Waals surface area contributed by atoms with E-state index in [-0.39, 0.29) is 11.7 Å². The minimum atomic E-state index is -0.506. The summed E-state index contributed by atoms with van der Waals surface area (Å²) in [7, 11) is 1.30. The summed E-state index contributed by atoms with van der Waals surface area (Å²) in [4.78, 5) is 24.3. The van der Waals surface area contributed by atoms with Crippen LogP contribution in [0.15, 0.2) is 52.2 Å².